The van der Waals surface area contributed by atoms with E-state index in [1.807, 2.05) is 18.3 Å². The fourth-order valence-electron chi connectivity index (χ4n) is 6.93. The summed E-state index contributed by atoms with van der Waals surface area (Å²) >= 11 is 0. The Bertz CT molecular complexity index is 2320. The second-order valence-corrected chi connectivity index (χ2v) is 10.5. The molecular weight excluding hydrogens is 479 g/mol. The van der Waals surface area contributed by atoms with E-state index >= 15 is 0 Å². The van der Waals surface area contributed by atoms with Gasteiger partial charge in [0, 0.05) is 50.7 Å². The molecule has 0 saturated carbocycles. The number of hydrogen-bond donors (Lipinski definition) is 0. The number of hydrogen-bond acceptors (Lipinski definition) is 3. The van der Waals surface area contributed by atoms with Crippen molar-refractivity contribution in [3.05, 3.63) is 116 Å². The van der Waals surface area contributed by atoms with Crippen LogP contribution >= 0.6 is 0 Å². The standard InChI is InChI=1S/C33H19BN4O/c1-4-10-27-22(7-1)26-18-21(20-13-14-31-25(17-20)23-8-3-6-12-30(23)39-31)19-29-32(26)38(27)34-36-16-15-35-33(36)24-9-2-5-11-28(24)37(29)34/h1-19H. The fraction of sp³-hybridized carbons (Fsp3) is 0. The molecule has 0 aliphatic carbocycles. The monoisotopic (exact) mass is 498 g/mol. The lowest BCUT2D eigenvalue weighted by molar-refractivity contribution is 0.669. The van der Waals surface area contributed by atoms with E-state index < -0.39 is 0 Å². The van der Waals surface area contributed by atoms with E-state index in [1.54, 1.807) is 0 Å². The maximum absolute atomic E-state index is 6.13. The first kappa shape index (κ1) is 19.8. The quantitative estimate of drug-likeness (QED) is 0.215. The third-order valence-electron chi connectivity index (χ3n) is 8.54. The lowest BCUT2D eigenvalue weighted by atomic mass is 9.84. The van der Waals surface area contributed by atoms with Crippen molar-refractivity contribution in [2.24, 2.45) is 0 Å². The molecule has 0 amide bonds. The highest BCUT2D eigenvalue weighted by molar-refractivity contribution is 6.68. The van der Waals surface area contributed by atoms with Crippen molar-refractivity contribution in [1.29, 1.82) is 0 Å². The molecule has 0 N–H and O–H groups in total. The van der Waals surface area contributed by atoms with Gasteiger partial charge < -0.3 is 18.2 Å². The van der Waals surface area contributed by atoms with Crippen LogP contribution in [0.15, 0.2) is 120 Å². The minimum atomic E-state index is -0.0506. The van der Waals surface area contributed by atoms with E-state index in [-0.39, 0.29) is 7.12 Å². The van der Waals surface area contributed by atoms with Crippen molar-refractivity contribution in [2.45, 2.75) is 0 Å². The summed E-state index contributed by atoms with van der Waals surface area (Å²) < 4.78 is 10.9. The number of anilines is 2. The maximum Gasteiger partial charge on any atom is 0.519 e. The summed E-state index contributed by atoms with van der Waals surface area (Å²) in [7, 11) is -0.0506. The maximum atomic E-state index is 6.13. The van der Waals surface area contributed by atoms with Crippen LogP contribution in [0.1, 0.15) is 0 Å². The Morgan fingerprint density at radius 1 is 0.641 bits per heavy atom. The number of nitrogens with zero attached hydrogens (tertiary/aromatic N) is 4. The number of rotatable bonds is 1. The predicted molar refractivity (Wildman–Crippen MR) is 159 cm³/mol. The van der Waals surface area contributed by atoms with Gasteiger partial charge in [-0.3, -0.25) is 0 Å². The summed E-state index contributed by atoms with van der Waals surface area (Å²) in [6, 6.07) is 36.9. The Morgan fingerprint density at radius 2 is 1.44 bits per heavy atom. The van der Waals surface area contributed by atoms with Crippen LogP contribution in [-0.4, -0.2) is 21.1 Å². The van der Waals surface area contributed by atoms with Crippen LogP contribution in [0.4, 0.5) is 11.4 Å². The molecule has 2 aliphatic rings. The van der Waals surface area contributed by atoms with Crippen molar-refractivity contribution < 1.29 is 4.42 Å². The molecular formula is C33H19BN4O. The molecule has 3 aromatic heterocycles. The number of fused-ring (bicyclic) bond motifs is 14. The van der Waals surface area contributed by atoms with Crippen molar-refractivity contribution in [3.8, 4) is 22.5 Å². The van der Waals surface area contributed by atoms with Crippen LogP contribution in [0.5, 0.6) is 0 Å². The molecule has 6 heteroatoms. The highest BCUT2D eigenvalue weighted by atomic mass is 16.3. The highest BCUT2D eigenvalue weighted by Crippen LogP contribution is 2.50. The third kappa shape index (κ3) is 2.36. The molecule has 0 spiro atoms. The average Bonchev–Trinajstić information content (AvgIpc) is 3.76. The molecule has 180 valence electrons. The first-order chi connectivity index (χ1) is 19.3. The largest absolute Gasteiger partial charge is 0.519 e. The van der Waals surface area contributed by atoms with Gasteiger partial charge in [0.1, 0.15) is 17.0 Å². The van der Waals surface area contributed by atoms with Gasteiger partial charge >= 0.3 is 7.12 Å². The topological polar surface area (TPSA) is 39.1 Å². The Hall–Kier alpha value is -5.23. The van der Waals surface area contributed by atoms with Crippen molar-refractivity contribution in [1.82, 2.24) is 13.9 Å². The van der Waals surface area contributed by atoms with Crippen LogP contribution in [0, 0.1) is 0 Å². The van der Waals surface area contributed by atoms with Gasteiger partial charge in [-0.05, 0) is 59.7 Å². The normalized spacial score (nSPS) is 13.5. The van der Waals surface area contributed by atoms with Crippen LogP contribution in [-0.2, 0) is 0 Å². The average molecular weight is 498 g/mol. The number of para-hydroxylation sites is 3. The van der Waals surface area contributed by atoms with E-state index in [4.69, 9.17) is 9.40 Å². The van der Waals surface area contributed by atoms with Crippen LogP contribution in [0.2, 0.25) is 0 Å². The lowest BCUT2D eigenvalue weighted by Crippen LogP contribution is -2.47. The smallest absolute Gasteiger partial charge is 0.456 e. The minimum Gasteiger partial charge on any atom is -0.456 e. The van der Waals surface area contributed by atoms with Crippen LogP contribution in [0.25, 0.3) is 66.3 Å². The molecule has 8 aromatic rings. The van der Waals surface area contributed by atoms with E-state index in [9.17, 15) is 0 Å². The van der Waals surface area contributed by atoms with Gasteiger partial charge in [0.15, 0.2) is 0 Å². The fourth-order valence-corrected chi connectivity index (χ4v) is 6.93. The summed E-state index contributed by atoms with van der Waals surface area (Å²) in [5.41, 5.74) is 10.3. The zero-order valence-corrected chi connectivity index (χ0v) is 20.7. The number of aromatic nitrogens is 3. The van der Waals surface area contributed by atoms with Crippen molar-refractivity contribution in [3.63, 3.8) is 0 Å². The van der Waals surface area contributed by atoms with Gasteiger partial charge in [0.2, 0.25) is 0 Å². The summed E-state index contributed by atoms with van der Waals surface area (Å²) in [5.74, 6) is 1.00. The zero-order valence-electron chi connectivity index (χ0n) is 20.7. The molecule has 0 bridgehead atoms. The first-order valence-corrected chi connectivity index (χ1v) is 13.2. The summed E-state index contributed by atoms with van der Waals surface area (Å²) in [6.45, 7) is 0. The number of imidazole rings is 1. The molecule has 0 unspecified atom stereocenters. The lowest BCUT2D eigenvalue weighted by Gasteiger charge is -2.33. The van der Waals surface area contributed by atoms with E-state index in [1.165, 1.54) is 44.3 Å². The minimum absolute atomic E-state index is 0.0506. The molecule has 0 saturated heterocycles. The highest BCUT2D eigenvalue weighted by Gasteiger charge is 2.46. The van der Waals surface area contributed by atoms with Gasteiger partial charge in [0.25, 0.3) is 0 Å². The number of benzene rings is 5. The molecule has 39 heavy (non-hydrogen) atoms. The van der Waals surface area contributed by atoms with Crippen molar-refractivity contribution in [2.75, 3.05) is 4.81 Å². The van der Waals surface area contributed by atoms with E-state index in [0.717, 1.165) is 33.3 Å². The van der Waals surface area contributed by atoms with Crippen LogP contribution in [0.3, 0.4) is 0 Å². The SMILES string of the molecule is c1ccc2c(c1)-c1nccn1B1N2c2cc(-c3ccc4oc5ccccc5c4c3)cc3c4ccccc4n1c23. The van der Waals surface area contributed by atoms with E-state index in [0.29, 0.717) is 0 Å². The van der Waals surface area contributed by atoms with Gasteiger partial charge in [0.05, 0.1) is 11.2 Å². The van der Waals surface area contributed by atoms with Crippen LogP contribution < -0.4 is 4.81 Å². The Morgan fingerprint density at radius 3 is 2.41 bits per heavy atom. The van der Waals surface area contributed by atoms with Crippen molar-refractivity contribution >= 4 is 62.2 Å². The Kier molecular flexibility index (Phi) is 3.46. The van der Waals surface area contributed by atoms with E-state index in [2.05, 4.69) is 111 Å². The first-order valence-electron chi connectivity index (χ1n) is 13.2. The third-order valence-corrected chi connectivity index (χ3v) is 8.54. The predicted octanol–water partition coefficient (Wildman–Crippen LogP) is 8.07. The van der Waals surface area contributed by atoms with Gasteiger partial charge in [-0.25, -0.2) is 4.98 Å². The molecule has 10 rings (SSSR count). The summed E-state index contributed by atoms with van der Waals surface area (Å²) in [4.78, 5) is 7.26. The molecule has 5 aromatic carbocycles. The van der Waals surface area contributed by atoms with Gasteiger partial charge in [-0.15, -0.1) is 0 Å². The Labute approximate surface area is 223 Å². The molecule has 0 fully saturated rings. The second-order valence-electron chi connectivity index (χ2n) is 10.5. The molecule has 2 aliphatic heterocycles. The zero-order chi connectivity index (χ0) is 25.2. The summed E-state index contributed by atoms with van der Waals surface area (Å²) in [5, 5.41) is 4.83. The molecule has 5 nitrogen and oxygen atoms in total. The molecule has 0 radical (unpaired) electrons. The summed E-state index contributed by atoms with van der Waals surface area (Å²) in [6.07, 6.45) is 4.02. The number of furan rings is 1. The molecule has 5 heterocycles. The molecule has 0 atom stereocenters. The Balaban J connectivity index is 1.31. The van der Waals surface area contributed by atoms with Gasteiger partial charge in [-0.2, -0.15) is 0 Å². The second kappa shape index (κ2) is 6.80. The van der Waals surface area contributed by atoms with Gasteiger partial charge in [-0.1, -0.05) is 54.6 Å².